The first-order chi connectivity index (χ1) is 7.22. The van der Waals surface area contributed by atoms with Gasteiger partial charge in [0.15, 0.2) is 11.5 Å². The molecule has 0 unspecified atom stereocenters. The van der Waals surface area contributed by atoms with E-state index in [4.69, 9.17) is 15.2 Å². The highest BCUT2D eigenvalue weighted by atomic mass is 19.3. The van der Waals surface area contributed by atoms with Gasteiger partial charge >= 0.3 is 0 Å². The topological polar surface area (TPSA) is 44.5 Å². The Morgan fingerprint density at radius 1 is 1.20 bits per heavy atom. The second kappa shape index (κ2) is 4.02. The molecule has 1 aliphatic heterocycles. The molecule has 0 fully saturated rings. The Balaban J connectivity index is 2.46. The molecule has 5 heteroatoms. The van der Waals surface area contributed by atoms with Gasteiger partial charge in [-0.05, 0) is 17.7 Å². The van der Waals surface area contributed by atoms with Crippen LogP contribution in [0.5, 0.6) is 11.5 Å². The first-order valence-electron chi connectivity index (χ1n) is 4.63. The summed E-state index contributed by atoms with van der Waals surface area (Å²) in [6.07, 6.45) is -2.54. The maximum absolute atomic E-state index is 12.6. The molecular weight excluding hydrogens is 204 g/mol. The number of hydrogen-bond donors (Lipinski definition) is 1. The van der Waals surface area contributed by atoms with E-state index in [0.29, 0.717) is 30.3 Å². The average Bonchev–Trinajstić information content (AvgIpc) is 2.27. The Kier molecular flexibility index (Phi) is 2.73. The minimum absolute atomic E-state index is 0.0658. The number of nitrogens with two attached hydrogens (primary N) is 1. The van der Waals surface area contributed by atoms with Crippen molar-refractivity contribution in [3.05, 3.63) is 23.3 Å². The van der Waals surface area contributed by atoms with Crippen LogP contribution >= 0.6 is 0 Å². The van der Waals surface area contributed by atoms with E-state index in [1.54, 1.807) is 0 Å². The summed E-state index contributed by atoms with van der Waals surface area (Å²) < 4.78 is 35.8. The van der Waals surface area contributed by atoms with Crippen LogP contribution in [0.1, 0.15) is 17.6 Å². The van der Waals surface area contributed by atoms with Crippen LogP contribution in [0.3, 0.4) is 0 Å². The smallest absolute Gasteiger partial charge is 0.264 e. The van der Waals surface area contributed by atoms with E-state index in [1.165, 1.54) is 12.1 Å². The first-order valence-corrected chi connectivity index (χ1v) is 4.63. The monoisotopic (exact) mass is 215 g/mol. The van der Waals surface area contributed by atoms with Gasteiger partial charge in [0.2, 0.25) is 0 Å². The molecule has 0 amide bonds. The van der Waals surface area contributed by atoms with Gasteiger partial charge in [0.1, 0.15) is 13.2 Å². The third kappa shape index (κ3) is 1.87. The van der Waals surface area contributed by atoms with Gasteiger partial charge in [0.05, 0.1) is 0 Å². The van der Waals surface area contributed by atoms with Crippen molar-refractivity contribution in [2.24, 2.45) is 5.73 Å². The molecule has 0 saturated carbocycles. The Morgan fingerprint density at radius 2 is 1.80 bits per heavy atom. The fourth-order valence-corrected chi connectivity index (χ4v) is 1.53. The molecule has 0 aliphatic carbocycles. The van der Waals surface area contributed by atoms with Crippen molar-refractivity contribution in [3.8, 4) is 11.5 Å². The van der Waals surface area contributed by atoms with Crippen molar-refractivity contribution in [1.82, 2.24) is 0 Å². The Morgan fingerprint density at radius 3 is 2.33 bits per heavy atom. The largest absolute Gasteiger partial charge is 0.486 e. The molecule has 2 N–H and O–H groups in total. The van der Waals surface area contributed by atoms with Gasteiger partial charge in [0, 0.05) is 12.1 Å². The average molecular weight is 215 g/mol. The molecule has 0 saturated heterocycles. The molecule has 3 nitrogen and oxygen atoms in total. The van der Waals surface area contributed by atoms with Gasteiger partial charge in [-0.2, -0.15) is 0 Å². The zero-order valence-electron chi connectivity index (χ0n) is 8.00. The number of halogens is 2. The fraction of sp³-hybridized carbons (Fsp3) is 0.400. The highest BCUT2D eigenvalue weighted by Crippen LogP contribution is 2.36. The summed E-state index contributed by atoms with van der Waals surface area (Å²) in [5.74, 6) is 0.861. The van der Waals surface area contributed by atoms with Gasteiger partial charge in [-0.3, -0.25) is 0 Å². The van der Waals surface area contributed by atoms with Crippen molar-refractivity contribution in [2.45, 2.75) is 13.0 Å². The highest BCUT2D eigenvalue weighted by Gasteiger charge is 2.19. The molecule has 2 rings (SSSR count). The van der Waals surface area contributed by atoms with Crippen LogP contribution in [0.4, 0.5) is 8.78 Å². The number of ether oxygens (including phenoxy) is 2. The van der Waals surface area contributed by atoms with Gasteiger partial charge < -0.3 is 15.2 Å². The number of rotatable bonds is 2. The summed E-state index contributed by atoms with van der Waals surface area (Å²) in [6.45, 7) is 0.888. The van der Waals surface area contributed by atoms with Crippen LogP contribution in [0, 0.1) is 0 Å². The van der Waals surface area contributed by atoms with E-state index >= 15 is 0 Å². The van der Waals surface area contributed by atoms with Crippen LogP contribution < -0.4 is 15.2 Å². The van der Waals surface area contributed by atoms with Gasteiger partial charge in [-0.15, -0.1) is 0 Å². The van der Waals surface area contributed by atoms with E-state index in [2.05, 4.69) is 0 Å². The number of alkyl halides is 2. The molecule has 0 bridgehead atoms. The van der Waals surface area contributed by atoms with Gasteiger partial charge in [-0.1, -0.05) is 0 Å². The molecule has 1 aromatic rings. The maximum Gasteiger partial charge on any atom is 0.264 e. The molecule has 82 valence electrons. The Bertz CT molecular complexity index is 369. The fourth-order valence-electron chi connectivity index (χ4n) is 1.53. The maximum atomic E-state index is 12.6. The predicted molar refractivity (Wildman–Crippen MR) is 50.3 cm³/mol. The molecular formula is C10H11F2NO2. The summed E-state index contributed by atoms with van der Waals surface area (Å²) in [7, 11) is 0. The van der Waals surface area contributed by atoms with E-state index < -0.39 is 6.43 Å². The SMILES string of the molecule is NCc1cc2c(cc1C(F)F)OCCO2. The number of benzene rings is 1. The van der Waals surface area contributed by atoms with E-state index in [9.17, 15) is 8.78 Å². The lowest BCUT2D eigenvalue weighted by molar-refractivity contribution is 0.145. The lowest BCUT2D eigenvalue weighted by Crippen LogP contribution is -2.16. The molecule has 1 aromatic carbocycles. The van der Waals surface area contributed by atoms with Crippen molar-refractivity contribution < 1.29 is 18.3 Å². The highest BCUT2D eigenvalue weighted by molar-refractivity contribution is 5.48. The molecule has 0 atom stereocenters. The minimum Gasteiger partial charge on any atom is -0.486 e. The summed E-state index contributed by atoms with van der Waals surface area (Å²) in [5.41, 5.74) is 5.71. The lowest BCUT2D eigenvalue weighted by atomic mass is 10.1. The summed E-state index contributed by atoms with van der Waals surface area (Å²) in [5, 5.41) is 0. The van der Waals surface area contributed by atoms with Crippen molar-refractivity contribution >= 4 is 0 Å². The molecule has 15 heavy (non-hydrogen) atoms. The minimum atomic E-state index is -2.54. The third-order valence-corrected chi connectivity index (χ3v) is 2.26. The van der Waals surface area contributed by atoms with Crippen LogP contribution in [-0.4, -0.2) is 13.2 Å². The Hall–Kier alpha value is -1.36. The first kappa shape index (κ1) is 10.2. The third-order valence-electron chi connectivity index (χ3n) is 2.26. The summed E-state index contributed by atoms with van der Waals surface area (Å²) in [6, 6.07) is 2.83. The zero-order chi connectivity index (χ0) is 10.8. The summed E-state index contributed by atoms with van der Waals surface area (Å²) >= 11 is 0. The quantitative estimate of drug-likeness (QED) is 0.818. The second-order valence-electron chi connectivity index (χ2n) is 3.20. The van der Waals surface area contributed by atoms with E-state index in [-0.39, 0.29) is 12.1 Å². The van der Waals surface area contributed by atoms with Crippen LogP contribution in [0.2, 0.25) is 0 Å². The van der Waals surface area contributed by atoms with E-state index in [0.717, 1.165) is 0 Å². The van der Waals surface area contributed by atoms with Crippen molar-refractivity contribution in [1.29, 1.82) is 0 Å². The molecule has 0 radical (unpaired) electrons. The van der Waals surface area contributed by atoms with Crippen molar-refractivity contribution in [2.75, 3.05) is 13.2 Å². The standard InChI is InChI=1S/C10H11F2NO2/c11-10(12)7-4-9-8(3-6(7)5-13)14-1-2-15-9/h3-4,10H,1-2,5,13H2. The van der Waals surface area contributed by atoms with Crippen molar-refractivity contribution in [3.63, 3.8) is 0 Å². The van der Waals surface area contributed by atoms with E-state index in [1.807, 2.05) is 0 Å². The number of fused-ring (bicyclic) bond motifs is 1. The van der Waals surface area contributed by atoms with Crippen LogP contribution in [0.15, 0.2) is 12.1 Å². The Labute approximate surface area is 85.8 Å². The number of hydrogen-bond acceptors (Lipinski definition) is 3. The van der Waals surface area contributed by atoms with Crippen LogP contribution in [0.25, 0.3) is 0 Å². The molecule has 1 aliphatic rings. The molecule has 1 heterocycles. The normalized spacial score (nSPS) is 14.4. The summed E-state index contributed by atoms with van der Waals surface area (Å²) in [4.78, 5) is 0. The zero-order valence-corrected chi connectivity index (χ0v) is 8.00. The molecule has 0 spiro atoms. The lowest BCUT2D eigenvalue weighted by Gasteiger charge is -2.20. The molecule has 0 aromatic heterocycles. The van der Waals surface area contributed by atoms with Crippen LogP contribution in [-0.2, 0) is 6.54 Å². The van der Waals surface area contributed by atoms with Gasteiger partial charge in [-0.25, -0.2) is 8.78 Å². The second-order valence-corrected chi connectivity index (χ2v) is 3.20. The predicted octanol–water partition coefficient (Wildman–Crippen LogP) is 1.85. The van der Waals surface area contributed by atoms with Gasteiger partial charge in [0.25, 0.3) is 6.43 Å².